The average Bonchev–Trinajstić information content (AvgIpc) is 2.66. The molecule has 1 aliphatic rings. The number of benzene rings is 2. The Labute approximate surface area is 167 Å². The molecule has 1 fully saturated rings. The Bertz CT molecular complexity index is 911. The summed E-state index contributed by atoms with van der Waals surface area (Å²) >= 11 is 1.59. The molecule has 148 valence electrons. The molecule has 0 radical (unpaired) electrons. The van der Waals surface area contributed by atoms with E-state index in [9.17, 15) is 13.6 Å². The van der Waals surface area contributed by atoms with Crippen LogP contribution in [-0.4, -0.2) is 30.1 Å². The van der Waals surface area contributed by atoms with E-state index in [0.29, 0.717) is 5.56 Å². The monoisotopic (exact) mass is 403 g/mol. The fourth-order valence-corrected chi connectivity index (χ4v) is 4.04. The molecule has 7 heteroatoms. The van der Waals surface area contributed by atoms with Crippen LogP contribution in [-0.2, 0) is 16.3 Å². The molecule has 0 spiro atoms. The van der Waals surface area contributed by atoms with Crippen LogP contribution in [0.4, 0.5) is 8.78 Å². The molecular weight excluding hydrogens is 380 g/mol. The van der Waals surface area contributed by atoms with Crippen molar-refractivity contribution in [1.82, 2.24) is 10.2 Å². The molecule has 1 saturated heterocycles. The predicted molar refractivity (Wildman–Crippen MR) is 108 cm³/mol. The first-order valence-corrected chi connectivity index (χ1v) is 10.1. The van der Waals surface area contributed by atoms with Gasteiger partial charge in [0.25, 0.3) is 5.92 Å². The minimum atomic E-state index is -2.94. The lowest BCUT2D eigenvalue weighted by atomic mass is 9.73. The van der Waals surface area contributed by atoms with E-state index in [1.165, 1.54) is 24.1 Å². The van der Waals surface area contributed by atoms with Gasteiger partial charge in [-0.05, 0) is 36.4 Å². The van der Waals surface area contributed by atoms with Gasteiger partial charge in [-0.1, -0.05) is 36.4 Å². The normalized spacial score (nSPS) is 22.9. The van der Waals surface area contributed by atoms with Crippen molar-refractivity contribution in [3.05, 3.63) is 65.2 Å². The zero-order chi connectivity index (χ0) is 20.7. The molecule has 2 aromatic rings. The average molecular weight is 403 g/mol. The second kappa shape index (κ2) is 7.20. The number of rotatable bonds is 4. The topological polar surface area (TPSA) is 56.2 Å². The number of hydrogen-bond acceptors (Lipinski definition) is 3. The number of guanidine groups is 1. The predicted octanol–water partition coefficient (Wildman–Crippen LogP) is 4.52. The number of carbonyl (C=O) groups is 1. The summed E-state index contributed by atoms with van der Waals surface area (Å²) < 4.78 is 27.2. The van der Waals surface area contributed by atoms with Gasteiger partial charge in [0, 0.05) is 24.4 Å². The van der Waals surface area contributed by atoms with Gasteiger partial charge in [-0.25, -0.2) is 8.78 Å². The van der Waals surface area contributed by atoms with Gasteiger partial charge in [0.2, 0.25) is 5.91 Å². The Morgan fingerprint density at radius 1 is 1.21 bits per heavy atom. The number of hydrogen-bond donors (Lipinski definition) is 2. The fraction of sp³-hybridized carbons (Fsp3) is 0.333. The maximum absolute atomic E-state index is 13.6. The van der Waals surface area contributed by atoms with Crippen molar-refractivity contribution in [1.29, 1.82) is 5.41 Å². The highest BCUT2D eigenvalue weighted by molar-refractivity contribution is 7.98. The van der Waals surface area contributed by atoms with Gasteiger partial charge in [-0.3, -0.25) is 15.1 Å². The Morgan fingerprint density at radius 3 is 2.43 bits per heavy atom. The Kier molecular flexibility index (Phi) is 5.23. The van der Waals surface area contributed by atoms with Crippen molar-refractivity contribution >= 4 is 23.6 Å². The maximum Gasteiger partial charge on any atom is 0.270 e. The van der Waals surface area contributed by atoms with Gasteiger partial charge in [0.05, 0.1) is 11.5 Å². The molecule has 0 aromatic heterocycles. The first-order valence-electron chi connectivity index (χ1n) is 8.85. The van der Waals surface area contributed by atoms with E-state index in [-0.39, 0.29) is 17.4 Å². The van der Waals surface area contributed by atoms with Crippen molar-refractivity contribution in [2.45, 2.75) is 36.1 Å². The summed E-state index contributed by atoms with van der Waals surface area (Å²) in [6.45, 7) is 2.72. The lowest BCUT2D eigenvalue weighted by Gasteiger charge is -2.46. The third-order valence-corrected chi connectivity index (χ3v) is 6.01. The van der Waals surface area contributed by atoms with Crippen LogP contribution in [0.1, 0.15) is 36.5 Å². The Balaban J connectivity index is 2.13. The molecule has 2 aromatic carbocycles. The summed E-state index contributed by atoms with van der Waals surface area (Å²) in [6.07, 6.45) is 1.97. The Morgan fingerprint density at radius 2 is 1.86 bits per heavy atom. The lowest BCUT2D eigenvalue weighted by molar-refractivity contribution is -0.131. The van der Waals surface area contributed by atoms with E-state index < -0.39 is 17.4 Å². The molecule has 28 heavy (non-hydrogen) atoms. The summed E-state index contributed by atoms with van der Waals surface area (Å²) in [5.41, 5.74) is 0.504. The van der Waals surface area contributed by atoms with Crippen molar-refractivity contribution in [2.24, 2.45) is 0 Å². The maximum atomic E-state index is 13.6. The quantitative estimate of drug-likeness (QED) is 0.739. The fourth-order valence-electron chi connectivity index (χ4n) is 3.58. The van der Waals surface area contributed by atoms with Crippen LogP contribution in [0, 0.1) is 5.41 Å². The molecule has 2 atom stereocenters. The molecular formula is C21H23F2N3OS. The number of carbonyl (C=O) groups excluding carboxylic acids is 1. The number of nitrogens with zero attached hydrogens (tertiary/aromatic N) is 1. The van der Waals surface area contributed by atoms with Crippen molar-refractivity contribution in [2.75, 3.05) is 13.3 Å². The SMILES string of the molecule is CSc1cccc([C@@]2(C)NC(=N)N(C)C(=O)C2c2ccc(C(C)(F)F)cc2)c1. The van der Waals surface area contributed by atoms with Crippen LogP contribution in [0.2, 0.25) is 0 Å². The van der Waals surface area contributed by atoms with E-state index in [0.717, 1.165) is 17.4 Å². The van der Waals surface area contributed by atoms with Crippen molar-refractivity contribution < 1.29 is 13.6 Å². The van der Waals surface area contributed by atoms with Crippen LogP contribution >= 0.6 is 11.8 Å². The number of halogens is 2. The summed E-state index contributed by atoms with van der Waals surface area (Å²) in [4.78, 5) is 15.5. The second-order valence-electron chi connectivity index (χ2n) is 7.25. The second-order valence-corrected chi connectivity index (χ2v) is 8.13. The third-order valence-electron chi connectivity index (χ3n) is 5.29. The van der Waals surface area contributed by atoms with Gasteiger partial charge >= 0.3 is 0 Å². The molecule has 3 rings (SSSR count). The first-order chi connectivity index (χ1) is 13.1. The summed E-state index contributed by atoms with van der Waals surface area (Å²) in [5.74, 6) is -3.85. The van der Waals surface area contributed by atoms with Crippen LogP contribution in [0.15, 0.2) is 53.4 Å². The van der Waals surface area contributed by atoms with Gasteiger partial charge in [0.1, 0.15) is 0 Å². The van der Waals surface area contributed by atoms with E-state index in [1.807, 2.05) is 37.4 Å². The molecule has 0 aliphatic carbocycles. The number of nitrogens with one attached hydrogen (secondary N) is 2. The van der Waals surface area contributed by atoms with E-state index in [4.69, 9.17) is 5.41 Å². The van der Waals surface area contributed by atoms with Crippen molar-refractivity contribution in [3.8, 4) is 0 Å². The van der Waals surface area contributed by atoms with Crippen LogP contribution in [0.5, 0.6) is 0 Å². The zero-order valence-electron chi connectivity index (χ0n) is 16.2. The van der Waals surface area contributed by atoms with Gasteiger partial charge in [-0.2, -0.15) is 0 Å². The highest BCUT2D eigenvalue weighted by atomic mass is 32.2. The van der Waals surface area contributed by atoms with E-state index >= 15 is 0 Å². The minimum Gasteiger partial charge on any atom is -0.346 e. The minimum absolute atomic E-state index is 0.00927. The highest BCUT2D eigenvalue weighted by Crippen LogP contribution is 2.42. The van der Waals surface area contributed by atoms with Crippen LogP contribution < -0.4 is 5.32 Å². The third kappa shape index (κ3) is 3.51. The van der Waals surface area contributed by atoms with E-state index in [1.54, 1.807) is 23.9 Å². The van der Waals surface area contributed by atoms with Crippen molar-refractivity contribution in [3.63, 3.8) is 0 Å². The molecule has 1 amide bonds. The molecule has 1 unspecified atom stereocenters. The highest BCUT2D eigenvalue weighted by Gasteiger charge is 2.48. The first kappa shape index (κ1) is 20.3. The number of amides is 1. The summed E-state index contributed by atoms with van der Waals surface area (Å²) in [6, 6.07) is 13.7. The standard InChI is InChI=1S/C21H23F2N3OS/c1-20(15-6-5-7-16(12-15)28-4)17(18(27)26(3)19(24)25-20)13-8-10-14(11-9-13)21(2,22)23/h5-12,17H,1-4H3,(H2,24,25)/t17?,20-/m1/s1. The summed E-state index contributed by atoms with van der Waals surface area (Å²) in [5, 5.41) is 11.4. The largest absolute Gasteiger partial charge is 0.346 e. The molecule has 0 saturated carbocycles. The van der Waals surface area contributed by atoms with Crippen LogP contribution in [0.25, 0.3) is 0 Å². The van der Waals surface area contributed by atoms with Gasteiger partial charge < -0.3 is 5.32 Å². The number of likely N-dealkylation sites (N-methyl/N-ethyl adjacent to an activating group) is 1. The molecule has 4 nitrogen and oxygen atoms in total. The smallest absolute Gasteiger partial charge is 0.270 e. The van der Waals surface area contributed by atoms with Gasteiger partial charge in [-0.15, -0.1) is 11.8 Å². The number of alkyl halides is 2. The molecule has 1 aliphatic heterocycles. The zero-order valence-corrected chi connectivity index (χ0v) is 17.0. The van der Waals surface area contributed by atoms with E-state index in [2.05, 4.69) is 5.32 Å². The molecule has 2 N–H and O–H groups in total. The lowest BCUT2D eigenvalue weighted by Crippen LogP contribution is -2.62. The van der Waals surface area contributed by atoms with Gasteiger partial charge in [0.15, 0.2) is 5.96 Å². The molecule has 0 bridgehead atoms. The number of thioether (sulfide) groups is 1. The Hall–Kier alpha value is -2.41. The van der Waals surface area contributed by atoms with Crippen LogP contribution in [0.3, 0.4) is 0 Å². The summed E-state index contributed by atoms with van der Waals surface area (Å²) in [7, 11) is 1.54. The molecule has 1 heterocycles.